The molecule has 1 aliphatic carbocycles. The van der Waals surface area contributed by atoms with Crippen LogP contribution in [0, 0.1) is 17.2 Å². The molecule has 0 unspecified atom stereocenters. The number of benzene rings is 2. The van der Waals surface area contributed by atoms with Crippen LogP contribution in [0.3, 0.4) is 0 Å². The first-order valence-corrected chi connectivity index (χ1v) is 8.89. The highest BCUT2D eigenvalue weighted by molar-refractivity contribution is 6.05. The second-order valence-corrected chi connectivity index (χ2v) is 6.95. The fourth-order valence-electron chi connectivity index (χ4n) is 3.82. The van der Waals surface area contributed by atoms with Gasteiger partial charge in [-0.3, -0.25) is 4.79 Å². The van der Waals surface area contributed by atoms with Crippen molar-refractivity contribution < 1.29 is 9.21 Å². The van der Waals surface area contributed by atoms with Crippen LogP contribution >= 0.6 is 0 Å². The molecule has 0 spiro atoms. The van der Waals surface area contributed by atoms with Gasteiger partial charge in [-0.15, -0.1) is 0 Å². The highest BCUT2D eigenvalue weighted by atomic mass is 16.3. The van der Waals surface area contributed by atoms with Gasteiger partial charge in [-0.1, -0.05) is 30.8 Å². The largest absolute Gasteiger partial charge is 0.456 e. The minimum Gasteiger partial charge on any atom is -0.456 e. The zero-order valence-electron chi connectivity index (χ0n) is 14.5. The molecule has 130 valence electrons. The molecular weight excluding hydrogens is 324 g/mol. The van der Waals surface area contributed by atoms with Crippen molar-refractivity contribution in [1.82, 2.24) is 4.90 Å². The molecule has 1 heterocycles. The van der Waals surface area contributed by atoms with Gasteiger partial charge in [0, 0.05) is 29.8 Å². The van der Waals surface area contributed by atoms with E-state index < -0.39 is 0 Å². The normalized spacial score (nSPS) is 19.0. The highest BCUT2D eigenvalue weighted by Gasteiger charge is 2.35. The second kappa shape index (κ2) is 6.68. The van der Waals surface area contributed by atoms with Gasteiger partial charge in [0.05, 0.1) is 6.07 Å². The van der Waals surface area contributed by atoms with Gasteiger partial charge < -0.3 is 9.32 Å². The molecule has 1 aliphatic rings. The molecule has 1 fully saturated rings. The molecule has 26 heavy (non-hydrogen) atoms. The number of carbonyl (C=O) groups excluding carboxylic acids is 1. The number of nitrogens with zero attached hydrogens (tertiary/aromatic N) is 2. The maximum atomic E-state index is 12.4. The van der Waals surface area contributed by atoms with Crippen molar-refractivity contribution in [2.24, 2.45) is 5.92 Å². The van der Waals surface area contributed by atoms with Crippen LogP contribution in [0.15, 0.2) is 59.5 Å². The summed E-state index contributed by atoms with van der Waals surface area (Å²) in [4.78, 5) is 14.2. The van der Waals surface area contributed by atoms with E-state index >= 15 is 0 Å². The molecule has 0 saturated heterocycles. The minimum atomic E-state index is -0.0532. The molecule has 0 aliphatic heterocycles. The minimum absolute atomic E-state index is 0.0532. The van der Waals surface area contributed by atoms with Gasteiger partial charge in [0.1, 0.15) is 11.2 Å². The topological polar surface area (TPSA) is 57.2 Å². The number of furan rings is 1. The average molecular weight is 344 g/mol. The van der Waals surface area contributed by atoms with E-state index in [0.29, 0.717) is 18.9 Å². The highest BCUT2D eigenvalue weighted by Crippen LogP contribution is 2.35. The predicted molar refractivity (Wildman–Crippen MR) is 101 cm³/mol. The van der Waals surface area contributed by atoms with Crippen LogP contribution in [-0.4, -0.2) is 16.8 Å². The summed E-state index contributed by atoms with van der Waals surface area (Å²) in [5.74, 6) is 0.355. The number of hydrogen-bond acceptors (Lipinski definition) is 3. The van der Waals surface area contributed by atoms with Crippen molar-refractivity contribution in [2.75, 3.05) is 0 Å². The Morgan fingerprint density at radius 2 is 2.00 bits per heavy atom. The Labute approximate surface area is 152 Å². The maximum absolute atomic E-state index is 12.4. The molecule has 1 amide bonds. The summed E-state index contributed by atoms with van der Waals surface area (Å²) in [6.07, 6.45) is 3.73. The van der Waals surface area contributed by atoms with E-state index in [0.717, 1.165) is 40.3 Å². The molecule has 0 N–H and O–H groups in total. The second-order valence-electron chi connectivity index (χ2n) is 6.95. The third-order valence-corrected chi connectivity index (χ3v) is 5.28. The molecule has 0 atom stereocenters. The summed E-state index contributed by atoms with van der Waals surface area (Å²) in [6, 6.07) is 16.5. The van der Waals surface area contributed by atoms with Gasteiger partial charge in [-0.25, -0.2) is 0 Å². The number of fused-ring (bicyclic) bond motifs is 3. The molecule has 0 bridgehead atoms. The lowest BCUT2D eigenvalue weighted by Crippen LogP contribution is -2.46. The standard InChI is InChI=1S/C22H20N2O2/c1-2-22(25)24(17-11-15(12-17)9-10-23)14-16-7-8-21-19(13-16)18-5-3-4-6-20(18)26-21/h2-8,13,15,17H,1,9,11-12,14H2. The summed E-state index contributed by atoms with van der Waals surface area (Å²) in [6.45, 7) is 4.19. The van der Waals surface area contributed by atoms with Crippen LogP contribution in [0.25, 0.3) is 21.9 Å². The zero-order valence-corrected chi connectivity index (χ0v) is 14.5. The zero-order chi connectivity index (χ0) is 18.1. The first kappa shape index (κ1) is 16.4. The maximum Gasteiger partial charge on any atom is 0.246 e. The number of nitriles is 1. The van der Waals surface area contributed by atoms with Crippen molar-refractivity contribution in [1.29, 1.82) is 5.26 Å². The molecule has 4 heteroatoms. The van der Waals surface area contributed by atoms with Gasteiger partial charge in [0.15, 0.2) is 0 Å². The summed E-state index contributed by atoms with van der Waals surface area (Å²) in [5.41, 5.74) is 2.80. The van der Waals surface area contributed by atoms with E-state index in [1.807, 2.05) is 35.2 Å². The summed E-state index contributed by atoms with van der Waals surface area (Å²) >= 11 is 0. The Morgan fingerprint density at radius 3 is 2.77 bits per heavy atom. The summed E-state index contributed by atoms with van der Waals surface area (Å²) < 4.78 is 5.87. The number of rotatable bonds is 5. The van der Waals surface area contributed by atoms with Crippen molar-refractivity contribution in [3.05, 3.63) is 60.7 Å². The van der Waals surface area contributed by atoms with E-state index in [4.69, 9.17) is 9.68 Å². The third kappa shape index (κ3) is 2.86. The molecular formula is C22H20N2O2. The lowest BCUT2D eigenvalue weighted by atomic mass is 9.77. The molecule has 4 rings (SSSR count). The van der Waals surface area contributed by atoms with Gasteiger partial charge in [0.25, 0.3) is 0 Å². The Kier molecular flexibility index (Phi) is 4.22. The van der Waals surface area contributed by atoms with Gasteiger partial charge >= 0.3 is 0 Å². The first-order valence-electron chi connectivity index (χ1n) is 8.89. The van der Waals surface area contributed by atoms with Crippen molar-refractivity contribution in [3.8, 4) is 6.07 Å². The van der Waals surface area contributed by atoms with E-state index in [1.165, 1.54) is 6.08 Å². The van der Waals surface area contributed by atoms with Crippen LogP contribution in [0.1, 0.15) is 24.8 Å². The van der Waals surface area contributed by atoms with Gasteiger partial charge in [0.2, 0.25) is 5.91 Å². The number of hydrogen-bond donors (Lipinski definition) is 0. The lowest BCUT2D eigenvalue weighted by molar-refractivity contribution is -0.131. The first-order chi connectivity index (χ1) is 12.7. The Balaban J connectivity index is 1.61. The Bertz CT molecular complexity index is 1020. The monoisotopic (exact) mass is 344 g/mol. The fraction of sp³-hybridized carbons (Fsp3) is 0.273. The molecule has 4 nitrogen and oxygen atoms in total. The molecule has 2 aromatic carbocycles. The molecule has 1 aromatic heterocycles. The van der Waals surface area contributed by atoms with Crippen LogP contribution in [0.4, 0.5) is 0 Å². The molecule has 1 saturated carbocycles. The quantitative estimate of drug-likeness (QED) is 0.625. The SMILES string of the molecule is C=CC(=O)N(Cc1ccc2oc3ccccc3c2c1)C1CC(CC#N)C1. The van der Waals surface area contributed by atoms with Gasteiger partial charge in [-0.05, 0) is 48.6 Å². The van der Waals surface area contributed by atoms with Crippen molar-refractivity contribution >= 4 is 27.8 Å². The summed E-state index contributed by atoms with van der Waals surface area (Å²) in [5, 5.41) is 11.0. The Hall–Kier alpha value is -3.06. The lowest BCUT2D eigenvalue weighted by Gasteiger charge is -2.42. The van der Waals surface area contributed by atoms with Crippen LogP contribution in [-0.2, 0) is 11.3 Å². The number of para-hydroxylation sites is 1. The van der Waals surface area contributed by atoms with E-state index in [1.54, 1.807) is 0 Å². The summed E-state index contributed by atoms with van der Waals surface area (Å²) in [7, 11) is 0. The van der Waals surface area contributed by atoms with Crippen molar-refractivity contribution in [3.63, 3.8) is 0 Å². The van der Waals surface area contributed by atoms with Crippen molar-refractivity contribution in [2.45, 2.75) is 31.8 Å². The van der Waals surface area contributed by atoms with E-state index in [-0.39, 0.29) is 11.9 Å². The van der Waals surface area contributed by atoms with E-state index in [2.05, 4.69) is 24.8 Å². The third-order valence-electron chi connectivity index (χ3n) is 5.28. The number of amides is 1. The smallest absolute Gasteiger partial charge is 0.246 e. The van der Waals surface area contributed by atoms with Crippen LogP contribution in [0.2, 0.25) is 0 Å². The predicted octanol–water partition coefficient (Wildman–Crippen LogP) is 4.79. The molecule has 3 aromatic rings. The average Bonchev–Trinajstić information content (AvgIpc) is 3.00. The van der Waals surface area contributed by atoms with Gasteiger partial charge in [-0.2, -0.15) is 5.26 Å². The van der Waals surface area contributed by atoms with Crippen LogP contribution < -0.4 is 0 Å². The number of carbonyl (C=O) groups is 1. The van der Waals surface area contributed by atoms with Crippen LogP contribution in [0.5, 0.6) is 0 Å². The fourth-order valence-corrected chi connectivity index (χ4v) is 3.82. The van der Waals surface area contributed by atoms with E-state index in [9.17, 15) is 4.79 Å². The Morgan fingerprint density at radius 1 is 1.23 bits per heavy atom. The molecule has 0 radical (unpaired) electrons.